The Labute approximate surface area is 117 Å². The molecular formula is C15H29N3O. The van der Waals surface area contributed by atoms with Crippen molar-refractivity contribution in [2.24, 2.45) is 5.73 Å². The zero-order valence-corrected chi connectivity index (χ0v) is 12.3. The van der Waals surface area contributed by atoms with Crippen molar-refractivity contribution in [1.82, 2.24) is 9.80 Å². The number of nitrogens with zero attached hydrogens (tertiary/aromatic N) is 2. The average molecular weight is 267 g/mol. The van der Waals surface area contributed by atoms with E-state index in [0.29, 0.717) is 18.5 Å². The number of rotatable bonds is 4. The Kier molecular flexibility index (Phi) is 5.64. The van der Waals surface area contributed by atoms with E-state index in [-0.39, 0.29) is 6.04 Å². The summed E-state index contributed by atoms with van der Waals surface area (Å²) in [6.45, 7) is 5.44. The van der Waals surface area contributed by atoms with Crippen LogP contribution in [-0.4, -0.2) is 54.0 Å². The van der Waals surface area contributed by atoms with Crippen LogP contribution in [0.3, 0.4) is 0 Å². The number of hydrogen-bond acceptors (Lipinski definition) is 3. The van der Waals surface area contributed by atoms with Crippen LogP contribution in [0.1, 0.15) is 51.9 Å². The van der Waals surface area contributed by atoms with Crippen LogP contribution in [0.15, 0.2) is 0 Å². The lowest BCUT2D eigenvalue weighted by Crippen LogP contribution is -2.50. The molecule has 1 aliphatic carbocycles. The van der Waals surface area contributed by atoms with Crippen LogP contribution in [-0.2, 0) is 4.79 Å². The Morgan fingerprint density at radius 1 is 1.21 bits per heavy atom. The molecule has 1 saturated carbocycles. The second kappa shape index (κ2) is 7.25. The van der Waals surface area contributed by atoms with Gasteiger partial charge in [0.05, 0.1) is 6.54 Å². The van der Waals surface area contributed by atoms with Crippen LogP contribution < -0.4 is 5.73 Å². The van der Waals surface area contributed by atoms with E-state index in [0.717, 1.165) is 32.5 Å². The van der Waals surface area contributed by atoms with E-state index in [1.165, 1.54) is 32.1 Å². The van der Waals surface area contributed by atoms with Crippen molar-refractivity contribution in [2.75, 3.05) is 26.2 Å². The molecule has 2 fully saturated rings. The van der Waals surface area contributed by atoms with Crippen molar-refractivity contribution in [3.05, 3.63) is 0 Å². The molecule has 0 radical (unpaired) electrons. The van der Waals surface area contributed by atoms with Gasteiger partial charge in [0.25, 0.3) is 0 Å². The second-order valence-electron chi connectivity index (χ2n) is 6.11. The summed E-state index contributed by atoms with van der Waals surface area (Å²) in [6.07, 6.45) is 8.52. The number of carbonyl (C=O) groups excluding carboxylic acids is 1. The number of likely N-dealkylation sites (N-methyl/N-ethyl adjacent to an activating group) is 1. The quantitative estimate of drug-likeness (QED) is 0.841. The lowest BCUT2D eigenvalue weighted by atomic mass is 9.94. The van der Waals surface area contributed by atoms with E-state index in [1.807, 2.05) is 0 Å². The van der Waals surface area contributed by atoms with Gasteiger partial charge in [-0.05, 0) is 39.2 Å². The van der Waals surface area contributed by atoms with Crippen LogP contribution in [0.25, 0.3) is 0 Å². The first-order chi connectivity index (χ1) is 9.20. The number of likely N-dealkylation sites (tertiary alicyclic amines) is 1. The summed E-state index contributed by atoms with van der Waals surface area (Å²) in [5, 5.41) is 0. The fraction of sp³-hybridized carbons (Fsp3) is 0.933. The van der Waals surface area contributed by atoms with Gasteiger partial charge < -0.3 is 10.6 Å². The molecule has 1 atom stereocenters. The number of piperidine rings is 1. The van der Waals surface area contributed by atoms with Gasteiger partial charge in [0, 0.05) is 25.2 Å². The van der Waals surface area contributed by atoms with E-state index in [9.17, 15) is 4.79 Å². The first kappa shape index (κ1) is 14.8. The largest absolute Gasteiger partial charge is 0.339 e. The van der Waals surface area contributed by atoms with E-state index in [4.69, 9.17) is 5.73 Å². The maximum atomic E-state index is 12.5. The van der Waals surface area contributed by atoms with Crippen LogP contribution in [0, 0.1) is 0 Å². The molecule has 1 heterocycles. The molecule has 0 spiro atoms. The number of hydrogen-bond donors (Lipinski definition) is 1. The first-order valence-corrected chi connectivity index (χ1v) is 7.98. The standard InChI is InChI=1S/C15H29N3O/c1-2-18(14-8-4-3-5-9-14)15(19)12-17-10-6-7-13(16)11-17/h13-14H,2-12,16H2,1H3. The van der Waals surface area contributed by atoms with Crippen molar-refractivity contribution in [3.63, 3.8) is 0 Å². The van der Waals surface area contributed by atoms with Gasteiger partial charge in [0.2, 0.25) is 5.91 Å². The maximum Gasteiger partial charge on any atom is 0.236 e. The third-order valence-corrected chi connectivity index (χ3v) is 4.58. The molecule has 1 saturated heterocycles. The highest BCUT2D eigenvalue weighted by molar-refractivity contribution is 5.78. The Morgan fingerprint density at radius 2 is 1.95 bits per heavy atom. The molecule has 4 heteroatoms. The minimum Gasteiger partial charge on any atom is -0.339 e. The first-order valence-electron chi connectivity index (χ1n) is 7.98. The summed E-state index contributed by atoms with van der Waals surface area (Å²) in [7, 11) is 0. The van der Waals surface area contributed by atoms with Crippen LogP contribution >= 0.6 is 0 Å². The summed E-state index contributed by atoms with van der Waals surface area (Å²) in [4.78, 5) is 16.8. The summed E-state index contributed by atoms with van der Waals surface area (Å²) in [5.74, 6) is 0.309. The smallest absolute Gasteiger partial charge is 0.236 e. The van der Waals surface area contributed by atoms with Gasteiger partial charge in [-0.2, -0.15) is 0 Å². The lowest BCUT2D eigenvalue weighted by Gasteiger charge is -2.36. The van der Waals surface area contributed by atoms with E-state index >= 15 is 0 Å². The second-order valence-corrected chi connectivity index (χ2v) is 6.11. The van der Waals surface area contributed by atoms with Gasteiger partial charge in [-0.25, -0.2) is 0 Å². The SMILES string of the molecule is CCN(C(=O)CN1CCCC(N)C1)C1CCCCC1. The van der Waals surface area contributed by atoms with Crippen molar-refractivity contribution in [2.45, 2.75) is 64.0 Å². The third-order valence-electron chi connectivity index (χ3n) is 4.58. The molecule has 1 unspecified atom stereocenters. The van der Waals surface area contributed by atoms with Crippen LogP contribution in [0.5, 0.6) is 0 Å². The third kappa shape index (κ3) is 4.18. The highest BCUT2D eigenvalue weighted by atomic mass is 16.2. The van der Waals surface area contributed by atoms with Gasteiger partial charge in [0.1, 0.15) is 0 Å². The summed E-state index contributed by atoms with van der Waals surface area (Å²) in [6, 6.07) is 0.746. The Bertz CT molecular complexity index is 289. The normalized spacial score (nSPS) is 26.3. The molecule has 1 amide bonds. The molecular weight excluding hydrogens is 238 g/mol. The molecule has 0 bridgehead atoms. The Hall–Kier alpha value is -0.610. The van der Waals surface area contributed by atoms with Crippen molar-refractivity contribution in [1.29, 1.82) is 0 Å². The lowest BCUT2D eigenvalue weighted by molar-refractivity contribution is -0.135. The van der Waals surface area contributed by atoms with Crippen molar-refractivity contribution >= 4 is 5.91 Å². The summed E-state index contributed by atoms with van der Waals surface area (Å²) in [5.41, 5.74) is 5.99. The minimum atomic E-state index is 0.256. The number of carbonyl (C=O) groups is 1. The topological polar surface area (TPSA) is 49.6 Å². The summed E-state index contributed by atoms with van der Waals surface area (Å²) >= 11 is 0. The molecule has 2 N–H and O–H groups in total. The maximum absolute atomic E-state index is 12.5. The highest BCUT2D eigenvalue weighted by Crippen LogP contribution is 2.22. The molecule has 19 heavy (non-hydrogen) atoms. The fourth-order valence-corrected chi connectivity index (χ4v) is 3.55. The van der Waals surface area contributed by atoms with Gasteiger partial charge >= 0.3 is 0 Å². The van der Waals surface area contributed by atoms with Gasteiger partial charge in [-0.1, -0.05) is 19.3 Å². The average Bonchev–Trinajstić information content (AvgIpc) is 2.41. The number of amides is 1. The fourth-order valence-electron chi connectivity index (χ4n) is 3.55. The van der Waals surface area contributed by atoms with Gasteiger partial charge in [-0.15, -0.1) is 0 Å². The van der Waals surface area contributed by atoms with E-state index in [1.54, 1.807) is 0 Å². The van der Waals surface area contributed by atoms with Crippen LogP contribution in [0.4, 0.5) is 0 Å². The molecule has 0 aromatic carbocycles. The van der Waals surface area contributed by atoms with Crippen molar-refractivity contribution in [3.8, 4) is 0 Å². The van der Waals surface area contributed by atoms with Gasteiger partial charge in [-0.3, -0.25) is 9.69 Å². The van der Waals surface area contributed by atoms with E-state index < -0.39 is 0 Å². The zero-order valence-electron chi connectivity index (χ0n) is 12.3. The monoisotopic (exact) mass is 267 g/mol. The molecule has 0 aromatic rings. The highest BCUT2D eigenvalue weighted by Gasteiger charge is 2.26. The predicted molar refractivity (Wildman–Crippen MR) is 77.9 cm³/mol. The summed E-state index contributed by atoms with van der Waals surface area (Å²) < 4.78 is 0. The van der Waals surface area contributed by atoms with Crippen LogP contribution in [0.2, 0.25) is 0 Å². The zero-order chi connectivity index (χ0) is 13.7. The molecule has 4 nitrogen and oxygen atoms in total. The minimum absolute atomic E-state index is 0.256. The Balaban J connectivity index is 1.85. The number of nitrogens with two attached hydrogens (primary N) is 1. The Morgan fingerprint density at radius 3 is 2.58 bits per heavy atom. The van der Waals surface area contributed by atoms with Crippen molar-refractivity contribution < 1.29 is 4.79 Å². The molecule has 110 valence electrons. The molecule has 2 rings (SSSR count). The molecule has 2 aliphatic rings. The molecule has 1 aliphatic heterocycles. The predicted octanol–water partition coefficient (Wildman–Crippen LogP) is 1.59. The van der Waals surface area contributed by atoms with Gasteiger partial charge in [0.15, 0.2) is 0 Å². The van der Waals surface area contributed by atoms with E-state index in [2.05, 4.69) is 16.7 Å². The molecule has 0 aromatic heterocycles.